The number of carbonyl (C=O) groups is 2. The monoisotopic (exact) mass is 441 g/mol. The molecule has 0 radical (unpaired) electrons. The van der Waals surface area contributed by atoms with E-state index in [0.717, 1.165) is 0 Å². The topological polar surface area (TPSA) is 78.6 Å². The molecule has 2 atom stereocenters. The molecule has 0 saturated heterocycles. The van der Waals surface area contributed by atoms with Crippen LogP contribution in [0.15, 0.2) is 41.1 Å². The Labute approximate surface area is 178 Å². The van der Waals surface area contributed by atoms with Crippen LogP contribution in [0.25, 0.3) is 0 Å². The summed E-state index contributed by atoms with van der Waals surface area (Å²) < 4.78 is 54.5. The van der Waals surface area contributed by atoms with Crippen LogP contribution in [0.4, 0.5) is 13.2 Å². The van der Waals surface area contributed by atoms with Crippen LogP contribution in [-0.4, -0.2) is 28.9 Å². The average molecular weight is 441 g/mol. The first-order valence-corrected chi connectivity index (χ1v) is 9.78. The SMILES string of the molecule is Cc1conc1C(C(=O)OC(C)(C)C)C(CCC(F)(F)F)C(=O)OCc1ccccc1. The standard InChI is InChI=1S/C22H26F3NO5/c1-14-12-30-26-18(14)17(20(28)31-21(2,3)4)16(10-11-22(23,24)25)19(27)29-13-15-8-6-5-7-9-15/h5-9,12,16-17H,10-11,13H2,1-4H3. The van der Waals surface area contributed by atoms with Crippen LogP contribution in [0.5, 0.6) is 0 Å². The van der Waals surface area contributed by atoms with Crippen LogP contribution in [0.3, 0.4) is 0 Å². The minimum atomic E-state index is -4.52. The number of rotatable bonds is 8. The van der Waals surface area contributed by atoms with Crippen molar-refractivity contribution < 1.29 is 36.8 Å². The van der Waals surface area contributed by atoms with E-state index in [0.29, 0.717) is 11.1 Å². The van der Waals surface area contributed by atoms with Crippen LogP contribution >= 0.6 is 0 Å². The normalized spacial score (nSPS) is 14.0. The first kappa shape index (κ1) is 24.4. The van der Waals surface area contributed by atoms with Crippen LogP contribution in [-0.2, 0) is 25.7 Å². The Hall–Kier alpha value is -2.84. The molecule has 0 aliphatic carbocycles. The predicted molar refractivity (Wildman–Crippen MR) is 105 cm³/mol. The number of esters is 2. The van der Waals surface area contributed by atoms with Crippen molar-refractivity contribution in [3.8, 4) is 0 Å². The van der Waals surface area contributed by atoms with E-state index in [1.165, 1.54) is 6.26 Å². The molecule has 0 aliphatic rings. The molecule has 2 rings (SSSR count). The van der Waals surface area contributed by atoms with Gasteiger partial charge < -0.3 is 14.0 Å². The van der Waals surface area contributed by atoms with E-state index in [9.17, 15) is 22.8 Å². The quantitative estimate of drug-likeness (QED) is 0.530. The first-order valence-electron chi connectivity index (χ1n) is 9.78. The van der Waals surface area contributed by atoms with E-state index in [2.05, 4.69) is 5.16 Å². The molecule has 1 heterocycles. The van der Waals surface area contributed by atoms with Gasteiger partial charge in [-0.1, -0.05) is 35.5 Å². The summed E-state index contributed by atoms with van der Waals surface area (Å²) in [4.78, 5) is 25.9. The molecule has 0 amide bonds. The minimum absolute atomic E-state index is 0.0538. The zero-order chi connectivity index (χ0) is 23.2. The molecule has 170 valence electrons. The molecule has 0 saturated carbocycles. The van der Waals surface area contributed by atoms with Crippen LogP contribution in [0.1, 0.15) is 56.4 Å². The van der Waals surface area contributed by atoms with Gasteiger partial charge in [0.1, 0.15) is 30.1 Å². The number of benzene rings is 1. The van der Waals surface area contributed by atoms with Crippen molar-refractivity contribution in [3.63, 3.8) is 0 Å². The van der Waals surface area contributed by atoms with Crippen molar-refractivity contribution in [2.24, 2.45) is 5.92 Å². The second-order valence-corrected chi connectivity index (χ2v) is 8.25. The van der Waals surface area contributed by atoms with E-state index in [-0.39, 0.29) is 12.3 Å². The number of nitrogens with zero attached hydrogens (tertiary/aromatic N) is 1. The van der Waals surface area contributed by atoms with Gasteiger partial charge >= 0.3 is 18.1 Å². The molecule has 1 aromatic heterocycles. The van der Waals surface area contributed by atoms with Gasteiger partial charge in [0.25, 0.3) is 0 Å². The van der Waals surface area contributed by atoms with E-state index in [1.54, 1.807) is 58.0 Å². The van der Waals surface area contributed by atoms with Crippen molar-refractivity contribution in [2.45, 2.75) is 64.8 Å². The summed E-state index contributed by atoms with van der Waals surface area (Å²) in [5.41, 5.74) is 0.217. The maximum Gasteiger partial charge on any atom is 0.389 e. The molecule has 1 aromatic carbocycles. The number of aryl methyl sites for hydroxylation is 1. The van der Waals surface area contributed by atoms with Gasteiger partial charge in [-0.05, 0) is 39.7 Å². The summed E-state index contributed by atoms with van der Waals surface area (Å²) in [6.45, 7) is 6.31. The first-order chi connectivity index (χ1) is 14.4. The summed E-state index contributed by atoms with van der Waals surface area (Å²) in [6, 6.07) is 8.69. The average Bonchev–Trinajstić information content (AvgIpc) is 3.07. The molecule has 9 heteroatoms. The lowest BCUT2D eigenvalue weighted by molar-refractivity contribution is -0.168. The van der Waals surface area contributed by atoms with Crippen LogP contribution < -0.4 is 0 Å². The molecule has 2 aromatic rings. The molecule has 0 N–H and O–H groups in total. The van der Waals surface area contributed by atoms with Gasteiger partial charge in [-0.15, -0.1) is 0 Å². The third-order valence-electron chi connectivity index (χ3n) is 4.41. The molecule has 31 heavy (non-hydrogen) atoms. The largest absolute Gasteiger partial charge is 0.461 e. The molecular weight excluding hydrogens is 415 g/mol. The number of alkyl halides is 3. The Morgan fingerprint density at radius 2 is 1.74 bits per heavy atom. The lowest BCUT2D eigenvalue weighted by Crippen LogP contribution is -2.36. The molecule has 6 nitrogen and oxygen atoms in total. The van der Waals surface area contributed by atoms with Crippen LogP contribution in [0, 0.1) is 12.8 Å². The highest BCUT2D eigenvalue weighted by Crippen LogP contribution is 2.36. The molecule has 0 fully saturated rings. The van der Waals surface area contributed by atoms with Gasteiger partial charge in [0, 0.05) is 12.0 Å². The van der Waals surface area contributed by atoms with E-state index in [4.69, 9.17) is 14.0 Å². The fourth-order valence-corrected chi connectivity index (χ4v) is 3.00. The van der Waals surface area contributed by atoms with Gasteiger partial charge in [0.2, 0.25) is 0 Å². The fraction of sp³-hybridized carbons (Fsp3) is 0.500. The summed E-state index contributed by atoms with van der Waals surface area (Å²) in [5, 5.41) is 3.77. The zero-order valence-electron chi connectivity index (χ0n) is 17.9. The maximum atomic E-state index is 13.0. The molecule has 0 bridgehead atoms. The number of aromatic nitrogens is 1. The van der Waals surface area contributed by atoms with E-state index < -0.39 is 48.4 Å². The lowest BCUT2D eigenvalue weighted by atomic mass is 9.84. The maximum absolute atomic E-state index is 13.0. The van der Waals surface area contributed by atoms with Crippen molar-refractivity contribution in [1.82, 2.24) is 5.16 Å². The van der Waals surface area contributed by atoms with Crippen molar-refractivity contribution in [3.05, 3.63) is 53.4 Å². The Morgan fingerprint density at radius 3 is 2.26 bits per heavy atom. The minimum Gasteiger partial charge on any atom is -0.461 e. The summed E-state index contributed by atoms with van der Waals surface area (Å²) in [5.74, 6) is -4.66. The number of carbonyl (C=O) groups excluding carboxylic acids is 2. The highest BCUT2D eigenvalue weighted by Gasteiger charge is 2.43. The van der Waals surface area contributed by atoms with E-state index >= 15 is 0 Å². The van der Waals surface area contributed by atoms with Gasteiger partial charge in [-0.3, -0.25) is 9.59 Å². The van der Waals surface area contributed by atoms with Crippen LogP contribution in [0.2, 0.25) is 0 Å². The molecule has 0 aliphatic heterocycles. The summed E-state index contributed by atoms with van der Waals surface area (Å²) >= 11 is 0. The fourth-order valence-electron chi connectivity index (χ4n) is 3.00. The van der Waals surface area contributed by atoms with Crippen molar-refractivity contribution in [2.75, 3.05) is 0 Å². The van der Waals surface area contributed by atoms with Gasteiger partial charge in [-0.25, -0.2) is 0 Å². The second kappa shape index (κ2) is 9.98. The smallest absolute Gasteiger partial charge is 0.389 e. The zero-order valence-corrected chi connectivity index (χ0v) is 17.9. The number of hydrogen-bond acceptors (Lipinski definition) is 6. The van der Waals surface area contributed by atoms with Crippen molar-refractivity contribution in [1.29, 1.82) is 0 Å². The number of hydrogen-bond donors (Lipinski definition) is 0. The van der Waals surface area contributed by atoms with Gasteiger partial charge in [-0.2, -0.15) is 13.2 Å². The highest BCUT2D eigenvalue weighted by atomic mass is 19.4. The number of ether oxygens (including phenoxy) is 2. The Balaban J connectivity index is 2.36. The highest BCUT2D eigenvalue weighted by molar-refractivity contribution is 5.86. The molecular formula is C22H26F3NO5. The van der Waals surface area contributed by atoms with E-state index in [1.807, 2.05) is 0 Å². The number of halogens is 3. The molecule has 2 unspecified atom stereocenters. The Kier molecular flexibility index (Phi) is 7.86. The Bertz CT molecular complexity index is 871. The second-order valence-electron chi connectivity index (χ2n) is 8.25. The van der Waals surface area contributed by atoms with Crippen molar-refractivity contribution >= 4 is 11.9 Å². The van der Waals surface area contributed by atoms with Gasteiger partial charge in [0.15, 0.2) is 0 Å². The molecule has 0 spiro atoms. The van der Waals surface area contributed by atoms with Gasteiger partial charge in [0.05, 0.1) is 5.92 Å². The Morgan fingerprint density at radius 1 is 1.10 bits per heavy atom. The lowest BCUT2D eigenvalue weighted by Gasteiger charge is -2.27. The summed E-state index contributed by atoms with van der Waals surface area (Å²) in [6.07, 6.45) is -5.19. The third kappa shape index (κ3) is 7.73. The summed E-state index contributed by atoms with van der Waals surface area (Å²) in [7, 11) is 0. The third-order valence-corrected chi connectivity index (χ3v) is 4.41. The predicted octanol–water partition coefficient (Wildman–Crippen LogP) is 5.11.